The Labute approximate surface area is 158 Å². The summed E-state index contributed by atoms with van der Waals surface area (Å²) in [5, 5.41) is 0. The molecule has 1 aliphatic rings. The van der Waals surface area contributed by atoms with Crippen LogP contribution in [0.3, 0.4) is 0 Å². The highest BCUT2D eigenvalue weighted by molar-refractivity contribution is 5.97. The Hall–Kier alpha value is -3.23. The summed E-state index contributed by atoms with van der Waals surface area (Å²) in [7, 11) is 1.59. The van der Waals surface area contributed by atoms with Crippen molar-refractivity contribution in [1.29, 1.82) is 0 Å². The van der Waals surface area contributed by atoms with Crippen molar-refractivity contribution in [3.05, 3.63) is 52.8 Å². The molecule has 0 bridgehead atoms. The average molecular weight is 385 g/mol. The summed E-state index contributed by atoms with van der Waals surface area (Å²) in [6, 6.07) is 4.91. The van der Waals surface area contributed by atoms with Gasteiger partial charge in [0.1, 0.15) is 0 Å². The fraction of sp³-hybridized carbons (Fsp3) is 0.316. The minimum Gasteiger partial charge on any atom is -0.338 e. The van der Waals surface area contributed by atoms with Crippen LogP contribution in [0.1, 0.15) is 23.2 Å². The molecule has 3 heterocycles. The summed E-state index contributed by atoms with van der Waals surface area (Å²) < 4.78 is 28.0. The topological polar surface area (TPSA) is 81.0 Å². The number of piperidine rings is 1. The van der Waals surface area contributed by atoms with Crippen molar-refractivity contribution in [3.8, 4) is 11.3 Å². The lowest BCUT2D eigenvalue weighted by atomic mass is 10.1. The lowest BCUT2D eigenvalue weighted by Gasteiger charge is -2.31. The largest absolute Gasteiger partial charge is 0.347 e. The number of carbonyl (C=O) groups excluding carboxylic acids is 1. The van der Waals surface area contributed by atoms with E-state index in [9.17, 15) is 18.4 Å². The van der Waals surface area contributed by atoms with E-state index in [0.29, 0.717) is 27.9 Å². The van der Waals surface area contributed by atoms with Gasteiger partial charge in [-0.3, -0.25) is 9.78 Å². The zero-order chi connectivity index (χ0) is 19.9. The van der Waals surface area contributed by atoms with Gasteiger partial charge in [0.25, 0.3) is 11.8 Å². The molecule has 4 rings (SSSR count). The lowest BCUT2D eigenvalue weighted by Crippen LogP contribution is -2.42. The SMILES string of the molecule is Cn1cc(-c2cnc3ccc(C(=O)N4CCC(F)(F)CC4)cc3n2)cnc1=O. The average Bonchev–Trinajstić information content (AvgIpc) is 2.68. The predicted octanol–water partition coefficient (Wildman–Crippen LogP) is 2.26. The van der Waals surface area contributed by atoms with Crippen molar-refractivity contribution in [2.75, 3.05) is 13.1 Å². The van der Waals surface area contributed by atoms with Gasteiger partial charge < -0.3 is 9.47 Å². The van der Waals surface area contributed by atoms with Gasteiger partial charge in [-0.05, 0) is 18.2 Å². The van der Waals surface area contributed by atoms with E-state index in [2.05, 4.69) is 15.0 Å². The second kappa shape index (κ2) is 6.74. The standard InChI is InChI=1S/C19H17F2N5O2/c1-25-11-13(9-23-18(25)28)16-10-22-14-3-2-12(8-15(14)24-16)17(27)26-6-4-19(20,21)5-7-26/h2-3,8-11H,4-7H2,1H3. The maximum Gasteiger partial charge on any atom is 0.347 e. The van der Waals surface area contributed by atoms with Crippen molar-refractivity contribution in [2.24, 2.45) is 7.05 Å². The van der Waals surface area contributed by atoms with Crippen molar-refractivity contribution in [1.82, 2.24) is 24.4 Å². The molecular formula is C19H17F2N5O2. The summed E-state index contributed by atoms with van der Waals surface area (Å²) >= 11 is 0. The highest BCUT2D eigenvalue weighted by atomic mass is 19.3. The number of carbonyl (C=O) groups is 1. The van der Waals surface area contributed by atoms with Crippen molar-refractivity contribution >= 4 is 16.9 Å². The van der Waals surface area contributed by atoms with Crippen LogP contribution in [-0.2, 0) is 7.05 Å². The minimum absolute atomic E-state index is 0.0271. The van der Waals surface area contributed by atoms with E-state index in [0.717, 1.165) is 0 Å². The molecule has 1 fully saturated rings. The first-order valence-corrected chi connectivity index (χ1v) is 8.79. The molecule has 0 spiro atoms. The number of rotatable bonds is 2. The molecule has 9 heteroatoms. The fourth-order valence-electron chi connectivity index (χ4n) is 3.15. The number of aromatic nitrogens is 4. The van der Waals surface area contributed by atoms with Gasteiger partial charge in [0.05, 0.1) is 22.9 Å². The van der Waals surface area contributed by atoms with Crippen molar-refractivity contribution < 1.29 is 13.6 Å². The van der Waals surface area contributed by atoms with Crippen LogP contribution >= 0.6 is 0 Å². The number of benzene rings is 1. The van der Waals surface area contributed by atoms with E-state index < -0.39 is 5.92 Å². The van der Waals surface area contributed by atoms with Gasteiger partial charge in [-0.2, -0.15) is 0 Å². The van der Waals surface area contributed by atoms with Crippen LogP contribution in [-0.4, -0.2) is 49.3 Å². The third-order valence-electron chi connectivity index (χ3n) is 4.82. The van der Waals surface area contributed by atoms with Gasteiger partial charge in [0, 0.05) is 56.5 Å². The van der Waals surface area contributed by atoms with Gasteiger partial charge in [0.2, 0.25) is 0 Å². The Bertz CT molecular complexity index is 1120. The molecule has 1 saturated heterocycles. The Morgan fingerprint density at radius 2 is 1.86 bits per heavy atom. The van der Waals surface area contributed by atoms with Crippen LogP contribution in [0.4, 0.5) is 8.78 Å². The normalized spacial score (nSPS) is 16.3. The minimum atomic E-state index is -2.70. The van der Waals surface area contributed by atoms with Crippen LogP contribution in [0.15, 0.2) is 41.6 Å². The van der Waals surface area contributed by atoms with Crippen LogP contribution in [0.25, 0.3) is 22.3 Å². The van der Waals surface area contributed by atoms with Crippen molar-refractivity contribution in [2.45, 2.75) is 18.8 Å². The monoisotopic (exact) mass is 385 g/mol. The number of likely N-dealkylation sites (tertiary alicyclic amines) is 1. The molecule has 0 N–H and O–H groups in total. The zero-order valence-electron chi connectivity index (χ0n) is 15.1. The number of halogens is 2. The summed E-state index contributed by atoms with van der Waals surface area (Å²) in [5.74, 6) is -3.00. The Morgan fingerprint density at radius 3 is 2.57 bits per heavy atom. The van der Waals surface area contributed by atoms with Crippen LogP contribution in [0, 0.1) is 0 Å². The van der Waals surface area contributed by atoms with E-state index in [4.69, 9.17) is 0 Å². The van der Waals surface area contributed by atoms with Crippen LogP contribution in [0.2, 0.25) is 0 Å². The molecule has 0 aliphatic carbocycles. The third kappa shape index (κ3) is 3.47. The van der Waals surface area contributed by atoms with E-state index in [-0.39, 0.29) is 37.5 Å². The summed E-state index contributed by atoms with van der Waals surface area (Å²) in [5.41, 5.74) is 2.23. The fourth-order valence-corrected chi connectivity index (χ4v) is 3.15. The molecule has 0 radical (unpaired) electrons. The van der Waals surface area contributed by atoms with Crippen LogP contribution < -0.4 is 5.69 Å². The third-order valence-corrected chi connectivity index (χ3v) is 4.82. The van der Waals surface area contributed by atoms with Gasteiger partial charge >= 0.3 is 5.69 Å². The first-order chi connectivity index (χ1) is 13.3. The van der Waals surface area contributed by atoms with Crippen LogP contribution in [0.5, 0.6) is 0 Å². The molecule has 2 aromatic heterocycles. The Balaban J connectivity index is 1.65. The molecule has 144 valence electrons. The number of aryl methyl sites for hydroxylation is 1. The number of alkyl halides is 2. The molecule has 0 unspecified atom stereocenters. The van der Waals surface area contributed by atoms with Crippen molar-refractivity contribution in [3.63, 3.8) is 0 Å². The first-order valence-electron chi connectivity index (χ1n) is 8.79. The maximum atomic E-state index is 13.3. The second-order valence-electron chi connectivity index (χ2n) is 6.84. The number of amides is 1. The maximum absolute atomic E-state index is 13.3. The van der Waals surface area contributed by atoms with Gasteiger partial charge in [-0.25, -0.2) is 23.5 Å². The summed E-state index contributed by atoms with van der Waals surface area (Å²) in [6.07, 6.45) is 3.94. The summed E-state index contributed by atoms with van der Waals surface area (Å²) in [6.45, 7) is 0.0542. The number of hydrogen-bond acceptors (Lipinski definition) is 5. The smallest absolute Gasteiger partial charge is 0.338 e. The van der Waals surface area contributed by atoms with E-state index in [1.54, 1.807) is 37.6 Å². The molecule has 7 nitrogen and oxygen atoms in total. The number of hydrogen-bond donors (Lipinski definition) is 0. The summed E-state index contributed by atoms with van der Waals surface area (Å²) in [4.78, 5) is 38.2. The molecule has 28 heavy (non-hydrogen) atoms. The van der Waals surface area contributed by atoms with E-state index >= 15 is 0 Å². The molecule has 1 aliphatic heterocycles. The lowest BCUT2D eigenvalue weighted by molar-refractivity contribution is -0.0494. The molecule has 3 aromatic rings. The van der Waals surface area contributed by atoms with Gasteiger partial charge in [0.15, 0.2) is 0 Å². The van der Waals surface area contributed by atoms with E-state index in [1.807, 2.05) is 0 Å². The first kappa shape index (κ1) is 18.1. The molecule has 0 atom stereocenters. The molecule has 0 saturated carbocycles. The number of nitrogens with zero attached hydrogens (tertiary/aromatic N) is 5. The molecular weight excluding hydrogens is 368 g/mol. The highest BCUT2D eigenvalue weighted by Gasteiger charge is 2.35. The molecule has 1 amide bonds. The zero-order valence-corrected chi connectivity index (χ0v) is 15.1. The number of fused-ring (bicyclic) bond motifs is 1. The molecule has 1 aromatic carbocycles. The Morgan fingerprint density at radius 1 is 1.11 bits per heavy atom. The highest BCUT2D eigenvalue weighted by Crippen LogP contribution is 2.28. The second-order valence-corrected chi connectivity index (χ2v) is 6.84. The Kier molecular flexibility index (Phi) is 4.37. The van der Waals surface area contributed by atoms with Gasteiger partial charge in [-0.1, -0.05) is 0 Å². The van der Waals surface area contributed by atoms with E-state index in [1.165, 1.54) is 15.7 Å². The van der Waals surface area contributed by atoms with Gasteiger partial charge in [-0.15, -0.1) is 0 Å². The quantitative estimate of drug-likeness (QED) is 0.676. The predicted molar refractivity (Wildman–Crippen MR) is 98.1 cm³/mol.